The van der Waals surface area contributed by atoms with Crippen LogP contribution in [0.2, 0.25) is 0 Å². The molecular formula is C31H31FN4O6. The van der Waals surface area contributed by atoms with Gasteiger partial charge in [0.25, 0.3) is 5.91 Å². The number of carbonyl (C=O) groups excluding carboxylic acids is 2. The van der Waals surface area contributed by atoms with Gasteiger partial charge in [0.05, 0.1) is 17.8 Å². The van der Waals surface area contributed by atoms with Crippen LogP contribution in [0.15, 0.2) is 60.8 Å². The van der Waals surface area contributed by atoms with Crippen molar-refractivity contribution >= 4 is 22.6 Å². The molecule has 2 aliphatic rings. The van der Waals surface area contributed by atoms with Crippen molar-refractivity contribution in [3.63, 3.8) is 0 Å². The Morgan fingerprint density at radius 1 is 1.07 bits per heavy atom. The second kappa shape index (κ2) is 11.8. The molecule has 0 aliphatic carbocycles. The molecule has 0 spiro atoms. The molecule has 218 valence electrons. The van der Waals surface area contributed by atoms with Gasteiger partial charge in [0.15, 0.2) is 17.3 Å². The van der Waals surface area contributed by atoms with Crippen LogP contribution in [0, 0.1) is 5.82 Å². The number of amides is 1. The van der Waals surface area contributed by atoms with E-state index in [9.17, 15) is 19.1 Å². The summed E-state index contributed by atoms with van der Waals surface area (Å²) >= 11 is 0. The summed E-state index contributed by atoms with van der Waals surface area (Å²) in [4.78, 5) is 28.6. The fraction of sp³-hybridized carbons (Fsp3) is 0.323. The number of ketones is 1. The number of hydrogen-bond donors (Lipinski definition) is 2. The van der Waals surface area contributed by atoms with Crippen LogP contribution < -0.4 is 19.5 Å². The number of nitrogens with one attached hydrogen (secondary N) is 1. The zero-order valence-corrected chi connectivity index (χ0v) is 23.1. The smallest absolute Gasteiger partial charge is 0.292 e. The normalized spacial score (nSPS) is 16.3. The van der Waals surface area contributed by atoms with E-state index in [1.54, 1.807) is 29.1 Å². The number of aliphatic hydroxyl groups excluding tert-OH is 1. The van der Waals surface area contributed by atoms with Gasteiger partial charge in [-0.3, -0.25) is 14.3 Å². The minimum Gasteiger partial charge on any atom is -0.486 e. The molecule has 0 bridgehead atoms. The minimum atomic E-state index is -1.30. The van der Waals surface area contributed by atoms with Gasteiger partial charge in [-0.1, -0.05) is 12.1 Å². The summed E-state index contributed by atoms with van der Waals surface area (Å²) in [5, 5.41) is 19.2. The molecule has 11 heteroatoms. The van der Waals surface area contributed by atoms with Gasteiger partial charge >= 0.3 is 0 Å². The minimum absolute atomic E-state index is 0.00477. The molecule has 0 radical (unpaired) electrons. The maximum atomic E-state index is 14.8. The Morgan fingerprint density at radius 2 is 1.86 bits per heavy atom. The topological polar surface area (TPSA) is 115 Å². The first-order valence-electron chi connectivity index (χ1n) is 13.9. The molecule has 6 rings (SSSR count). The lowest BCUT2D eigenvalue weighted by Gasteiger charge is -2.29. The predicted molar refractivity (Wildman–Crippen MR) is 152 cm³/mol. The van der Waals surface area contributed by atoms with Crippen LogP contribution in [0.5, 0.6) is 23.0 Å². The van der Waals surface area contributed by atoms with E-state index in [0.717, 1.165) is 36.8 Å². The van der Waals surface area contributed by atoms with Crippen molar-refractivity contribution < 1.29 is 33.3 Å². The fourth-order valence-corrected chi connectivity index (χ4v) is 5.39. The largest absolute Gasteiger partial charge is 0.486 e. The maximum Gasteiger partial charge on any atom is 0.292 e. The van der Waals surface area contributed by atoms with Gasteiger partial charge in [0.2, 0.25) is 5.78 Å². The number of likely N-dealkylation sites (tertiary alicyclic amines) is 1. The molecule has 0 unspecified atom stereocenters. The van der Waals surface area contributed by atoms with Gasteiger partial charge in [-0.15, -0.1) is 0 Å². The SMILES string of the molecule is Cn1ncc2ccc(Oc3cccc(C(=O)C(=O)N[C@H](CN4CCCC4)[C@H](O)c4cc(F)c5c(c4)OCCO5)c3)cc21. The average Bonchev–Trinajstić information content (AvgIpc) is 3.65. The van der Waals surface area contributed by atoms with E-state index >= 15 is 0 Å². The molecule has 1 aromatic heterocycles. The molecule has 2 aliphatic heterocycles. The summed E-state index contributed by atoms with van der Waals surface area (Å²) in [5.74, 6) is -1.20. The van der Waals surface area contributed by atoms with E-state index in [-0.39, 0.29) is 42.4 Å². The number of rotatable bonds is 9. The molecule has 2 atom stereocenters. The van der Waals surface area contributed by atoms with Crippen LogP contribution in [0.1, 0.15) is 34.9 Å². The zero-order chi connectivity index (χ0) is 29.2. The first kappa shape index (κ1) is 27.7. The van der Waals surface area contributed by atoms with E-state index in [1.165, 1.54) is 24.3 Å². The zero-order valence-electron chi connectivity index (χ0n) is 23.1. The highest BCUT2D eigenvalue weighted by Crippen LogP contribution is 2.36. The standard InChI is InChI=1S/C31H31FN4O6/c1-35-26-16-23(8-7-20(26)17-33-35)42-22-6-4-5-19(13-22)29(38)31(39)34-25(18-36-9-2-3-10-36)28(37)21-14-24(32)30-27(15-21)40-11-12-41-30/h4-8,13-17,25,28,37H,2-3,9-12,18H2,1H3,(H,34,39)/t25-,28-/m1/s1. The summed E-state index contributed by atoms with van der Waals surface area (Å²) in [7, 11) is 1.84. The van der Waals surface area contributed by atoms with Crippen LogP contribution >= 0.6 is 0 Å². The van der Waals surface area contributed by atoms with Gasteiger partial charge in [0, 0.05) is 30.6 Å². The molecule has 10 nitrogen and oxygen atoms in total. The number of aliphatic hydroxyl groups is 1. The highest BCUT2D eigenvalue weighted by molar-refractivity contribution is 6.42. The lowest BCUT2D eigenvalue weighted by atomic mass is 10.00. The lowest BCUT2D eigenvalue weighted by molar-refractivity contribution is -0.118. The van der Waals surface area contributed by atoms with Gasteiger partial charge in [0.1, 0.15) is 30.8 Å². The number of carbonyl (C=O) groups is 2. The second-order valence-corrected chi connectivity index (χ2v) is 10.5. The van der Waals surface area contributed by atoms with Crippen LogP contribution in [0.25, 0.3) is 10.9 Å². The third kappa shape index (κ3) is 5.79. The van der Waals surface area contributed by atoms with E-state index < -0.39 is 29.7 Å². The number of hydrogen-bond acceptors (Lipinski definition) is 8. The van der Waals surface area contributed by atoms with Crippen LogP contribution in [-0.2, 0) is 11.8 Å². The highest BCUT2D eigenvalue weighted by atomic mass is 19.1. The van der Waals surface area contributed by atoms with Crippen molar-refractivity contribution in [2.45, 2.75) is 25.0 Å². The third-order valence-corrected chi connectivity index (χ3v) is 7.57. The third-order valence-electron chi connectivity index (χ3n) is 7.57. The Hall–Kier alpha value is -4.48. The molecule has 1 amide bonds. The second-order valence-electron chi connectivity index (χ2n) is 10.5. The number of nitrogens with zero attached hydrogens (tertiary/aromatic N) is 3. The summed E-state index contributed by atoms with van der Waals surface area (Å²) in [5.41, 5.74) is 1.24. The molecule has 3 heterocycles. The van der Waals surface area contributed by atoms with Crippen molar-refractivity contribution in [2.75, 3.05) is 32.8 Å². The first-order chi connectivity index (χ1) is 20.4. The fourth-order valence-electron chi connectivity index (χ4n) is 5.39. The molecule has 42 heavy (non-hydrogen) atoms. The number of aromatic nitrogens is 2. The molecule has 4 aromatic rings. The Kier molecular flexibility index (Phi) is 7.77. The lowest BCUT2D eigenvalue weighted by Crippen LogP contribution is -2.48. The summed E-state index contributed by atoms with van der Waals surface area (Å²) in [6.45, 7) is 2.37. The predicted octanol–water partition coefficient (Wildman–Crippen LogP) is 3.77. The molecule has 1 saturated heterocycles. The van der Waals surface area contributed by atoms with Crippen LogP contribution in [0.4, 0.5) is 4.39 Å². The highest BCUT2D eigenvalue weighted by Gasteiger charge is 2.31. The number of ether oxygens (including phenoxy) is 3. The summed E-state index contributed by atoms with van der Waals surface area (Å²) in [6, 6.07) is 13.7. The van der Waals surface area contributed by atoms with Crippen molar-refractivity contribution in [1.82, 2.24) is 20.0 Å². The summed E-state index contributed by atoms with van der Waals surface area (Å²) < 4.78 is 33.3. The van der Waals surface area contributed by atoms with Gasteiger partial charge in [-0.25, -0.2) is 4.39 Å². The van der Waals surface area contributed by atoms with Crippen molar-refractivity contribution in [2.24, 2.45) is 7.05 Å². The quantitative estimate of drug-likeness (QED) is 0.229. The van der Waals surface area contributed by atoms with E-state index in [0.29, 0.717) is 11.5 Å². The molecule has 1 fully saturated rings. The number of halogens is 1. The molecule has 3 aromatic carbocycles. The van der Waals surface area contributed by atoms with Crippen molar-refractivity contribution in [1.29, 1.82) is 0 Å². The number of Topliss-reactive ketones (excluding diaryl/α,β-unsaturated/α-hetero) is 1. The molecular weight excluding hydrogens is 543 g/mol. The number of fused-ring (bicyclic) bond motifs is 2. The van der Waals surface area contributed by atoms with Gasteiger partial charge < -0.3 is 29.5 Å². The van der Waals surface area contributed by atoms with E-state index in [2.05, 4.69) is 15.3 Å². The first-order valence-corrected chi connectivity index (χ1v) is 13.9. The van der Waals surface area contributed by atoms with Crippen LogP contribution in [-0.4, -0.2) is 70.4 Å². The van der Waals surface area contributed by atoms with E-state index in [1.807, 2.05) is 19.2 Å². The average molecular weight is 575 g/mol. The molecule has 0 saturated carbocycles. The summed E-state index contributed by atoms with van der Waals surface area (Å²) in [6.07, 6.45) is 2.45. The molecule has 2 N–H and O–H groups in total. The number of aryl methyl sites for hydroxylation is 1. The maximum absolute atomic E-state index is 14.8. The van der Waals surface area contributed by atoms with Gasteiger partial charge in [-0.2, -0.15) is 5.10 Å². The van der Waals surface area contributed by atoms with Gasteiger partial charge in [-0.05, 0) is 67.9 Å². The van der Waals surface area contributed by atoms with Crippen molar-refractivity contribution in [3.8, 4) is 23.0 Å². The van der Waals surface area contributed by atoms with Crippen molar-refractivity contribution in [3.05, 3.63) is 77.7 Å². The monoisotopic (exact) mass is 574 g/mol. The Bertz CT molecular complexity index is 1630. The Morgan fingerprint density at radius 3 is 2.69 bits per heavy atom. The van der Waals surface area contributed by atoms with E-state index in [4.69, 9.17) is 14.2 Å². The number of benzene rings is 3. The Labute approximate surface area is 241 Å². The van der Waals surface area contributed by atoms with Crippen LogP contribution in [0.3, 0.4) is 0 Å². The Balaban J connectivity index is 1.19.